The van der Waals surface area contributed by atoms with Crippen LogP contribution >= 0.6 is 11.6 Å². The predicted octanol–water partition coefficient (Wildman–Crippen LogP) is 2.83. The van der Waals surface area contributed by atoms with Crippen molar-refractivity contribution in [2.75, 3.05) is 7.05 Å². The van der Waals surface area contributed by atoms with Crippen LogP contribution in [0, 0.1) is 5.82 Å². The molecule has 2 aliphatic rings. The lowest BCUT2D eigenvalue weighted by Crippen LogP contribution is -2.48. The molecule has 2 bridgehead atoms. The summed E-state index contributed by atoms with van der Waals surface area (Å²) < 4.78 is 13.4. The number of nitrogens with one attached hydrogen (secondary N) is 1. The molecule has 1 N–H and O–H groups in total. The van der Waals surface area contributed by atoms with Gasteiger partial charge in [-0.2, -0.15) is 0 Å². The third kappa shape index (κ3) is 2.67. The van der Waals surface area contributed by atoms with Crippen molar-refractivity contribution in [2.45, 2.75) is 43.8 Å². The molecule has 5 heteroatoms. The first kappa shape index (κ1) is 13.8. The Labute approximate surface area is 123 Å². The standard InChI is InChI=1S/C15H18ClFN2O/c1-19(14-7-12-2-3-13(8-14)18-12)15(20)9-4-10(16)6-11(17)5-9/h4-6,12-14,18H,2-3,7-8H2,1H3. The quantitative estimate of drug-likeness (QED) is 0.910. The van der Waals surface area contributed by atoms with Crippen molar-refractivity contribution >= 4 is 17.5 Å². The number of carbonyl (C=O) groups excluding carboxylic acids is 1. The van der Waals surface area contributed by atoms with Crippen LogP contribution in [0.3, 0.4) is 0 Å². The van der Waals surface area contributed by atoms with Crippen LogP contribution in [0.25, 0.3) is 0 Å². The maximum atomic E-state index is 13.4. The van der Waals surface area contributed by atoms with E-state index in [1.807, 2.05) is 0 Å². The van der Waals surface area contributed by atoms with Crippen LogP contribution in [0.1, 0.15) is 36.0 Å². The first-order valence-corrected chi connectivity index (χ1v) is 7.40. The SMILES string of the molecule is CN(C(=O)c1cc(F)cc(Cl)c1)C1CC2CCC(C1)N2. The monoisotopic (exact) mass is 296 g/mol. The molecule has 2 aliphatic heterocycles. The molecule has 20 heavy (non-hydrogen) atoms. The minimum absolute atomic E-state index is 0.155. The molecule has 1 aromatic rings. The molecule has 3 nitrogen and oxygen atoms in total. The van der Waals surface area contributed by atoms with Gasteiger partial charge in [-0.15, -0.1) is 0 Å². The third-order valence-electron chi connectivity index (χ3n) is 4.43. The van der Waals surface area contributed by atoms with Crippen LogP contribution in [0.5, 0.6) is 0 Å². The topological polar surface area (TPSA) is 32.3 Å². The minimum Gasteiger partial charge on any atom is -0.339 e. The molecule has 1 aromatic carbocycles. The highest BCUT2D eigenvalue weighted by atomic mass is 35.5. The average Bonchev–Trinajstić information content (AvgIpc) is 2.74. The van der Waals surface area contributed by atoms with E-state index >= 15 is 0 Å². The van der Waals surface area contributed by atoms with Crippen molar-refractivity contribution in [3.8, 4) is 0 Å². The Hall–Kier alpha value is -1.13. The summed E-state index contributed by atoms with van der Waals surface area (Å²) in [6, 6.07) is 5.25. The Morgan fingerprint density at radius 2 is 1.95 bits per heavy atom. The second-order valence-electron chi connectivity index (χ2n) is 5.84. The number of halogens is 2. The molecule has 2 unspecified atom stereocenters. The molecular weight excluding hydrogens is 279 g/mol. The average molecular weight is 297 g/mol. The molecule has 0 spiro atoms. The Kier molecular flexibility index (Phi) is 3.69. The number of piperidine rings is 1. The minimum atomic E-state index is -0.473. The second kappa shape index (κ2) is 5.34. The van der Waals surface area contributed by atoms with E-state index in [4.69, 9.17) is 11.6 Å². The zero-order chi connectivity index (χ0) is 14.3. The van der Waals surface area contributed by atoms with Crippen LogP contribution < -0.4 is 5.32 Å². The van der Waals surface area contributed by atoms with E-state index in [1.165, 1.54) is 31.0 Å². The molecule has 0 saturated carbocycles. The van der Waals surface area contributed by atoms with Crippen LogP contribution in [0.4, 0.5) is 4.39 Å². The molecule has 108 valence electrons. The largest absolute Gasteiger partial charge is 0.339 e. The molecule has 2 saturated heterocycles. The highest BCUT2D eigenvalue weighted by molar-refractivity contribution is 6.31. The van der Waals surface area contributed by atoms with Gasteiger partial charge in [0, 0.05) is 35.8 Å². The Bertz CT molecular complexity index is 504. The predicted molar refractivity (Wildman–Crippen MR) is 76.5 cm³/mol. The van der Waals surface area contributed by atoms with Gasteiger partial charge in [0.15, 0.2) is 0 Å². The van der Waals surface area contributed by atoms with Crippen molar-refractivity contribution in [1.82, 2.24) is 10.2 Å². The van der Waals surface area contributed by atoms with Gasteiger partial charge in [-0.25, -0.2) is 4.39 Å². The summed E-state index contributed by atoms with van der Waals surface area (Å²) in [6.07, 6.45) is 4.33. The second-order valence-corrected chi connectivity index (χ2v) is 6.27. The summed E-state index contributed by atoms with van der Waals surface area (Å²) in [5.74, 6) is -0.627. The molecule has 1 amide bonds. The summed E-state index contributed by atoms with van der Waals surface area (Å²) in [4.78, 5) is 14.2. The van der Waals surface area contributed by atoms with Gasteiger partial charge in [0.1, 0.15) is 5.82 Å². The summed E-state index contributed by atoms with van der Waals surface area (Å²) in [7, 11) is 1.80. The zero-order valence-corrected chi connectivity index (χ0v) is 12.2. The fourth-order valence-electron chi connectivity index (χ4n) is 3.39. The fourth-order valence-corrected chi connectivity index (χ4v) is 3.61. The van der Waals surface area contributed by atoms with Crippen LogP contribution in [0.2, 0.25) is 5.02 Å². The van der Waals surface area contributed by atoms with Gasteiger partial charge in [-0.1, -0.05) is 11.6 Å². The van der Waals surface area contributed by atoms with Gasteiger partial charge in [0.05, 0.1) is 0 Å². The number of benzene rings is 1. The first-order valence-electron chi connectivity index (χ1n) is 7.02. The maximum Gasteiger partial charge on any atom is 0.254 e. The van der Waals surface area contributed by atoms with Crippen molar-refractivity contribution in [1.29, 1.82) is 0 Å². The Morgan fingerprint density at radius 3 is 2.55 bits per heavy atom. The molecule has 0 aromatic heterocycles. The normalized spacial score (nSPS) is 28.4. The van der Waals surface area contributed by atoms with Gasteiger partial charge in [0.25, 0.3) is 5.91 Å². The van der Waals surface area contributed by atoms with E-state index in [9.17, 15) is 9.18 Å². The number of carbonyl (C=O) groups is 1. The summed E-state index contributed by atoms with van der Waals surface area (Å²) in [5.41, 5.74) is 0.323. The smallest absolute Gasteiger partial charge is 0.254 e. The number of rotatable bonds is 2. The maximum absolute atomic E-state index is 13.4. The van der Waals surface area contributed by atoms with E-state index < -0.39 is 5.82 Å². The van der Waals surface area contributed by atoms with Crippen molar-refractivity contribution in [2.24, 2.45) is 0 Å². The summed E-state index contributed by atoms with van der Waals surface area (Å²) >= 11 is 5.82. The highest BCUT2D eigenvalue weighted by Crippen LogP contribution is 2.30. The molecule has 0 radical (unpaired) electrons. The van der Waals surface area contributed by atoms with Crippen molar-refractivity contribution in [3.05, 3.63) is 34.6 Å². The van der Waals surface area contributed by atoms with E-state index in [0.717, 1.165) is 12.8 Å². The molecule has 0 aliphatic carbocycles. The van der Waals surface area contributed by atoms with Gasteiger partial charge < -0.3 is 10.2 Å². The molecule has 2 fully saturated rings. The van der Waals surface area contributed by atoms with E-state index in [0.29, 0.717) is 17.6 Å². The van der Waals surface area contributed by atoms with Gasteiger partial charge in [-0.05, 0) is 43.9 Å². The molecular formula is C15H18ClFN2O. The van der Waals surface area contributed by atoms with Crippen LogP contribution in [-0.2, 0) is 0 Å². The van der Waals surface area contributed by atoms with E-state index in [2.05, 4.69) is 5.32 Å². The molecule has 2 heterocycles. The number of nitrogens with zero attached hydrogens (tertiary/aromatic N) is 1. The number of amides is 1. The fraction of sp³-hybridized carbons (Fsp3) is 0.533. The van der Waals surface area contributed by atoms with Gasteiger partial charge >= 0.3 is 0 Å². The number of fused-ring (bicyclic) bond motifs is 2. The summed E-state index contributed by atoms with van der Waals surface area (Å²) in [6.45, 7) is 0. The first-order chi connectivity index (χ1) is 9.52. The van der Waals surface area contributed by atoms with Crippen LogP contribution in [0.15, 0.2) is 18.2 Å². The lowest BCUT2D eigenvalue weighted by Gasteiger charge is -2.35. The van der Waals surface area contributed by atoms with Crippen molar-refractivity contribution in [3.63, 3.8) is 0 Å². The van der Waals surface area contributed by atoms with Crippen molar-refractivity contribution < 1.29 is 9.18 Å². The zero-order valence-electron chi connectivity index (χ0n) is 11.4. The number of hydrogen-bond donors (Lipinski definition) is 1. The molecule has 2 atom stereocenters. The number of hydrogen-bond acceptors (Lipinski definition) is 2. The van der Waals surface area contributed by atoms with Gasteiger partial charge in [0.2, 0.25) is 0 Å². The van der Waals surface area contributed by atoms with Gasteiger partial charge in [-0.3, -0.25) is 4.79 Å². The lowest BCUT2D eigenvalue weighted by molar-refractivity contribution is 0.0681. The lowest BCUT2D eigenvalue weighted by atomic mass is 9.98. The third-order valence-corrected chi connectivity index (χ3v) is 4.64. The molecule has 3 rings (SSSR count). The van der Waals surface area contributed by atoms with E-state index in [1.54, 1.807) is 11.9 Å². The summed E-state index contributed by atoms with van der Waals surface area (Å²) in [5, 5.41) is 3.81. The Morgan fingerprint density at radius 1 is 1.30 bits per heavy atom. The van der Waals surface area contributed by atoms with E-state index in [-0.39, 0.29) is 17.0 Å². The highest BCUT2D eigenvalue weighted by Gasteiger charge is 2.36. The Balaban J connectivity index is 1.76. The van der Waals surface area contributed by atoms with Crippen LogP contribution in [-0.4, -0.2) is 36.0 Å².